The number of aromatic nitrogens is 3. The average Bonchev–Trinajstić information content (AvgIpc) is 3.09. The third-order valence-corrected chi connectivity index (χ3v) is 4.16. The molecular formula is C20H27FIN7. The van der Waals surface area contributed by atoms with Gasteiger partial charge in [-0.15, -0.1) is 34.2 Å². The SMILES string of the molecule is CCNC(=NCc1ccc(F)c(CN(C)C)c1)NCc1nnc2ccccn12.I. The third kappa shape index (κ3) is 6.36. The zero-order valence-electron chi connectivity index (χ0n) is 16.9. The molecule has 0 saturated carbocycles. The minimum atomic E-state index is -0.190. The summed E-state index contributed by atoms with van der Waals surface area (Å²) in [7, 11) is 3.84. The van der Waals surface area contributed by atoms with Crippen LogP contribution >= 0.6 is 24.0 Å². The molecule has 2 N–H and O–H groups in total. The molecule has 0 aliphatic carbocycles. The van der Waals surface area contributed by atoms with Gasteiger partial charge in [0.2, 0.25) is 0 Å². The van der Waals surface area contributed by atoms with Crippen molar-refractivity contribution >= 4 is 35.6 Å². The van der Waals surface area contributed by atoms with E-state index in [4.69, 9.17) is 0 Å². The van der Waals surface area contributed by atoms with Gasteiger partial charge in [0.15, 0.2) is 17.4 Å². The second kappa shape index (κ2) is 11.1. The molecule has 3 rings (SSSR count). The molecule has 3 aromatic rings. The Labute approximate surface area is 187 Å². The first-order chi connectivity index (χ1) is 13.6. The van der Waals surface area contributed by atoms with Gasteiger partial charge >= 0.3 is 0 Å². The molecule has 0 atom stereocenters. The Morgan fingerprint density at radius 3 is 2.76 bits per heavy atom. The van der Waals surface area contributed by atoms with Crippen molar-refractivity contribution in [2.45, 2.75) is 26.6 Å². The van der Waals surface area contributed by atoms with Gasteiger partial charge in [-0.3, -0.25) is 4.40 Å². The van der Waals surface area contributed by atoms with Crippen LogP contribution in [0.2, 0.25) is 0 Å². The molecule has 0 aliphatic rings. The number of halogens is 2. The molecule has 7 nitrogen and oxygen atoms in total. The highest BCUT2D eigenvalue weighted by Crippen LogP contribution is 2.13. The summed E-state index contributed by atoms with van der Waals surface area (Å²) in [6.07, 6.45) is 1.93. The lowest BCUT2D eigenvalue weighted by molar-refractivity contribution is 0.392. The zero-order valence-corrected chi connectivity index (χ0v) is 19.2. The molecule has 9 heteroatoms. The lowest BCUT2D eigenvalue weighted by Gasteiger charge is -2.13. The van der Waals surface area contributed by atoms with Gasteiger partial charge in [0, 0.05) is 24.8 Å². The van der Waals surface area contributed by atoms with E-state index in [0.717, 1.165) is 23.6 Å². The number of nitrogens with zero attached hydrogens (tertiary/aromatic N) is 5. The Kier molecular flexibility index (Phi) is 8.77. The van der Waals surface area contributed by atoms with Gasteiger partial charge < -0.3 is 15.5 Å². The van der Waals surface area contributed by atoms with E-state index >= 15 is 0 Å². The van der Waals surface area contributed by atoms with E-state index in [2.05, 4.69) is 25.8 Å². The summed E-state index contributed by atoms with van der Waals surface area (Å²) in [5.41, 5.74) is 2.44. The van der Waals surface area contributed by atoms with Crippen LogP contribution in [0.1, 0.15) is 23.9 Å². The van der Waals surface area contributed by atoms with E-state index in [1.54, 1.807) is 6.07 Å². The molecule has 0 spiro atoms. The fourth-order valence-corrected chi connectivity index (χ4v) is 2.87. The van der Waals surface area contributed by atoms with E-state index in [9.17, 15) is 4.39 Å². The van der Waals surface area contributed by atoms with Crippen molar-refractivity contribution in [1.82, 2.24) is 30.1 Å². The number of hydrogen-bond donors (Lipinski definition) is 2. The predicted octanol–water partition coefficient (Wildman–Crippen LogP) is 2.80. The van der Waals surface area contributed by atoms with E-state index in [1.807, 2.05) is 60.8 Å². The maximum atomic E-state index is 14.0. The molecule has 0 bridgehead atoms. The van der Waals surface area contributed by atoms with Crippen molar-refractivity contribution in [3.8, 4) is 0 Å². The van der Waals surface area contributed by atoms with Crippen LogP contribution in [0.4, 0.5) is 4.39 Å². The second-order valence-electron chi connectivity index (χ2n) is 6.76. The molecule has 0 amide bonds. The van der Waals surface area contributed by atoms with Gasteiger partial charge in [-0.1, -0.05) is 12.1 Å². The standard InChI is InChI=1S/C20H26FN7.HI/c1-4-22-20(24-13-19-26-25-18-7-5-6-10-28(18)19)23-12-15-8-9-17(21)16(11-15)14-27(2)3;/h5-11H,4,12-14H2,1-3H3,(H2,22,23,24);1H. The smallest absolute Gasteiger partial charge is 0.191 e. The highest BCUT2D eigenvalue weighted by atomic mass is 127. The van der Waals surface area contributed by atoms with Crippen LogP contribution in [-0.2, 0) is 19.6 Å². The summed E-state index contributed by atoms with van der Waals surface area (Å²) in [6.45, 7) is 4.25. The van der Waals surface area contributed by atoms with Gasteiger partial charge in [0.1, 0.15) is 5.82 Å². The van der Waals surface area contributed by atoms with Crippen molar-refractivity contribution in [3.63, 3.8) is 0 Å². The predicted molar refractivity (Wildman–Crippen MR) is 124 cm³/mol. The number of rotatable bonds is 7. The number of aliphatic imine (C=N–C) groups is 1. The summed E-state index contributed by atoms with van der Waals surface area (Å²) in [4.78, 5) is 6.56. The maximum absolute atomic E-state index is 14.0. The Morgan fingerprint density at radius 2 is 2.00 bits per heavy atom. The molecule has 0 unspecified atom stereocenters. The highest BCUT2D eigenvalue weighted by Gasteiger charge is 2.07. The molecule has 1 aromatic carbocycles. The molecule has 0 fully saturated rings. The average molecular weight is 511 g/mol. The molecule has 0 saturated heterocycles. The molecule has 29 heavy (non-hydrogen) atoms. The van der Waals surface area contributed by atoms with Crippen molar-refractivity contribution in [1.29, 1.82) is 0 Å². The Hall–Kier alpha value is -2.27. The third-order valence-electron chi connectivity index (χ3n) is 4.16. The number of nitrogens with one attached hydrogen (secondary N) is 2. The van der Waals surface area contributed by atoms with E-state index in [1.165, 1.54) is 6.07 Å². The van der Waals surface area contributed by atoms with Gasteiger partial charge in [0.05, 0.1) is 13.1 Å². The maximum Gasteiger partial charge on any atom is 0.191 e. The molecular weight excluding hydrogens is 484 g/mol. The molecule has 156 valence electrons. The topological polar surface area (TPSA) is 69.8 Å². The van der Waals surface area contributed by atoms with Gasteiger partial charge in [-0.2, -0.15) is 0 Å². The molecule has 0 radical (unpaired) electrons. The van der Waals surface area contributed by atoms with Crippen LogP contribution in [-0.4, -0.2) is 46.1 Å². The Balaban J connectivity index is 0.00000300. The first-order valence-corrected chi connectivity index (χ1v) is 9.29. The largest absolute Gasteiger partial charge is 0.357 e. The van der Waals surface area contributed by atoms with Crippen LogP contribution in [0.3, 0.4) is 0 Å². The van der Waals surface area contributed by atoms with Crippen molar-refractivity contribution < 1.29 is 4.39 Å². The Bertz CT molecular complexity index is 955. The zero-order chi connectivity index (χ0) is 19.9. The number of benzene rings is 1. The van der Waals surface area contributed by atoms with Crippen LogP contribution in [0.15, 0.2) is 47.6 Å². The number of pyridine rings is 1. The normalized spacial score (nSPS) is 11.6. The fourth-order valence-electron chi connectivity index (χ4n) is 2.87. The first kappa shape index (κ1) is 23.0. The number of fused-ring (bicyclic) bond motifs is 1. The van der Waals surface area contributed by atoms with Crippen LogP contribution in [0.5, 0.6) is 0 Å². The van der Waals surface area contributed by atoms with E-state index < -0.39 is 0 Å². The van der Waals surface area contributed by atoms with Crippen LogP contribution in [0, 0.1) is 5.82 Å². The highest BCUT2D eigenvalue weighted by molar-refractivity contribution is 14.0. The molecule has 0 aliphatic heterocycles. The summed E-state index contributed by atoms with van der Waals surface area (Å²) in [6, 6.07) is 10.9. The summed E-state index contributed by atoms with van der Waals surface area (Å²) in [5.74, 6) is 1.29. The fraction of sp³-hybridized carbons (Fsp3) is 0.350. The van der Waals surface area contributed by atoms with Crippen LogP contribution < -0.4 is 10.6 Å². The van der Waals surface area contributed by atoms with E-state index in [-0.39, 0.29) is 29.8 Å². The second-order valence-corrected chi connectivity index (χ2v) is 6.76. The lowest BCUT2D eigenvalue weighted by Crippen LogP contribution is -2.37. The number of guanidine groups is 1. The summed E-state index contributed by atoms with van der Waals surface area (Å²) >= 11 is 0. The Morgan fingerprint density at radius 1 is 1.17 bits per heavy atom. The van der Waals surface area contributed by atoms with E-state index in [0.29, 0.717) is 31.2 Å². The summed E-state index contributed by atoms with van der Waals surface area (Å²) in [5, 5.41) is 14.9. The molecule has 2 aromatic heterocycles. The number of hydrogen-bond acceptors (Lipinski definition) is 4. The van der Waals surface area contributed by atoms with Crippen LogP contribution in [0.25, 0.3) is 5.65 Å². The van der Waals surface area contributed by atoms with Gasteiger partial charge in [-0.05, 0) is 50.8 Å². The van der Waals surface area contributed by atoms with Crippen molar-refractivity contribution in [3.05, 3.63) is 65.4 Å². The molecule has 2 heterocycles. The quantitative estimate of drug-likeness (QED) is 0.290. The monoisotopic (exact) mass is 511 g/mol. The minimum absolute atomic E-state index is 0. The minimum Gasteiger partial charge on any atom is -0.357 e. The van der Waals surface area contributed by atoms with Crippen molar-refractivity contribution in [2.24, 2.45) is 4.99 Å². The van der Waals surface area contributed by atoms with Gasteiger partial charge in [-0.25, -0.2) is 9.38 Å². The first-order valence-electron chi connectivity index (χ1n) is 9.29. The van der Waals surface area contributed by atoms with Crippen molar-refractivity contribution in [2.75, 3.05) is 20.6 Å². The van der Waals surface area contributed by atoms with Gasteiger partial charge in [0.25, 0.3) is 0 Å². The lowest BCUT2D eigenvalue weighted by atomic mass is 10.1. The summed E-state index contributed by atoms with van der Waals surface area (Å²) < 4.78 is 15.9.